The highest BCUT2D eigenvalue weighted by Gasteiger charge is 2.10. The lowest BCUT2D eigenvalue weighted by Gasteiger charge is -2.12. The van der Waals surface area contributed by atoms with E-state index in [1.165, 1.54) is 0 Å². The summed E-state index contributed by atoms with van der Waals surface area (Å²) < 4.78 is 5.93. The van der Waals surface area contributed by atoms with Gasteiger partial charge in [0, 0.05) is 36.7 Å². The van der Waals surface area contributed by atoms with Crippen molar-refractivity contribution in [2.24, 2.45) is 4.99 Å². The number of halogens is 1. The van der Waals surface area contributed by atoms with Crippen LogP contribution in [0.4, 0.5) is 0 Å². The van der Waals surface area contributed by atoms with Crippen LogP contribution in [0.25, 0.3) is 11.0 Å². The van der Waals surface area contributed by atoms with Gasteiger partial charge in [-0.15, -0.1) is 24.0 Å². The third-order valence-electron chi connectivity index (χ3n) is 4.57. The molecule has 0 radical (unpaired) electrons. The molecule has 1 aromatic heterocycles. The van der Waals surface area contributed by atoms with Crippen LogP contribution < -0.4 is 16.0 Å². The number of para-hydroxylation sites is 1. The first-order chi connectivity index (χ1) is 13.6. The maximum Gasteiger partial charge on any atom is 0.251 e. The maximum atomic E-state index is 12.0. The topological polar surface area (TPSA) is 78.7 Å². The first kappa shape index (κ1) is 22.7. The average Bonchev–Trinajstić information content (AvgIpc) is 3.04. The summed E-state index contributed by atoms with van der Waals surface area (Å²) in [6.45, 7) is 5.68. The summed E-state index contributed by atoms with van der Waals surface area (Å²) in [6, 6.07) is 15.6. The molecule has 6 nitrogen and oxygen atoms in total. The van der Waals surface area contributed by atoms with Gasteiger partial charge in [0.25, 0.3) is 5.91 Å². The van der Waals surface area contributed by atoms with Crippen LogP contribution in [0.3, 0.4) is 0 Å². The third kappa shape index (κ3) is 5.72. The summed E-state index contributed by atoms with van der Waals surface area (Å²) in [5, 5.41) is 10.5. The maximum absolute atomic E-state index is 12.0. The summed E-state index contributed by atoms with van der Waals surface area (Å²) >= 11 is 0. The molecule has 29 heavy (non-hydrogen) atoms. The normalized spacial score (nSPS) is 11.1. The first-order valence-corrected chi connectivity index (χ1v) is 9.41. The van der Waals surface area contributed by atoms with E-state index in [1.807, 2.05) is 49.4 Å². The number of amides is 1. The Morgan fingerprint density at radius 2 is 1.79 bits per heavy atom. The van der Waals surface area contributed by atoms with Crippen LogP contribution in [-0.2, 0) is 13.1 Å². The molecular weight excluding hydrogens is 479 g/mol. The summed E-state index contributed by atoms with van der Waals surface area (Å²) in [5.74, 6) is 1.50. The SMILES string of the molecule is CCNC(=O)c1cccc(CNC(=NC)NCc2oc3ccccc3c2C)c1.I. The molecule has 0 atom stereocenters. The van der Waals surface area contributed by atoms with Gasteiger partial charge in [0.1, 0.15) is 11.3 Å². The number of furan rings is 1. The summed E-state index contributed by atoms with van der Waals surface area (Å²) in [4.78, 5) is 16.2. The largest absolute Gasteiger partial charge is 0.459 e. The van der Waals surface area contributed by atoms with Crippen LogP contribution in [0.1, 0.15) is 34.2 Å². The summed E-state index contributed by atoms with van der Waals surface area (Å²) in [6.07, 6.45) is 0. The van der Waals surface area contributed by atoms with Crippen molar-refractivity contribution in [2.75, 3.05) is 13.6 Å². The van der Waals surface area contributed by atoms with E-state index in [0.717, 1.165) is 27.9 Å². The van der Waals surface area contributed by atoms with Crippen LogP contribution in [-0.4, -0.2) is 25.5 Å². The van der Waals surface area contributed by atoms with Crippen molar-refractivity contribution in [3.05, 3.63) is 71.0 Å². The van der Waals surface area contributed by atoms with Gasteiger partial charge in [-0.25, -0.2) is 0 Å². The second-order valence-electron chi connectivity index (χ2n) is 6.49. The molecule has 0 saturated carbocycles. The predicted octanol–water partition coefficient (Wildman–Crippen LogP) is 3.97. The lowest BCUT2D eigenvalue weighted by atomic mass is 10.1. The average molecular weight is 506 g/mol. The fraction of sp³-hybridized carbons (Fsp3) is 0.273. The van der Waals surface area contributed by atoms with Gasteiger partial charge in [-0.1, -0.05) is 30.3 Å². The zero-order chi connectivity index (χ0) is 19.9. The van der Waals surface area contributed by atoms with E-state index < -0.39 is 0 Å². The monoisotopic (exact) mass is 506 g/mol. The highest BCUT2D eigenvalue weighted by Crippen LogP contribution is 2.24. The summed E-state index contributed by atoms with van der Waals surface area (Å²) in [7, 11) is 1.73. The highest BCUT2D eigenvalue weighted by atomic mass is 127. The van der Waals surface area contributed by atoms with Crippen molar-refractivity contribution < 1.29 is 9.21 Å². The van der Waals surface area contributed by atoms with E-state index in [2.05, 4.69) is 33.9 Å². The Balaban J connectivity index is 0.00000300. The van der Waals surface area contributed by atoms with E-state index in [1.54, 1.807) is 7.05 Å². The van der Waals surface area contributed by atoms with Crippen LogP contribution >= 0.6 is 24.0 Å². The number of fused-ring (bicyclic) bond motifs is 1. The molecule has 0 spiro atoms. The minimum atomic E-state index is -0.0628. The van der Waals surface area contributed by atoms with Gasteiger partial charge in [0.05, 0.1) is 6.54 Å². The Morgan fingerprint density at radius 3 is 2.52 bits per heavy atom. The van der Waals surface area contributed by atoms with Gasteiger partial charge < -0.3 is 20.4 Å². The molecule has 2 aromatic carbocycles. The quantitative estimate of drug-likeness (QED) is 0.269. The molecule has 1 heterocycles. The van der Waals surface area contributed by atoms with E-state index in [-0.39, 0.29) is 29.9 Å². The first-order valence-electron chi connectivity index (χ1n) is 9.41. The molecule has 0 aliphatic rings. The standard InChI is InChI=1S/C22H26N4O2.HI/c1-4-24-21(27)17-9-7-8-16(12-17)13-25-22(23-3)26-14-20-15(2)18-10-5-6-11-19(18)28-20;/h5-12H,4,13-14H2,1-3H3,(H,24,27)(H2,23,25,26);1H. The fourth-order valence-electron chi connectivity index (χ4n) is 3.05. The molecule has 0 aliphatic heterocycles. The van der Waals surface area contributed by atoms with E-state index in [9.17, 15) is 4.79 Å². The van der Waals surface area contributed by atoms with Gasteiger partial charge in [-0.3, -0.25) is 9.79 Å². The number of carbonyl (C=O) groups excluding carboxylic acids is 1. The molecule has 3 aromatic rings. The number of nitrogens with zero attached hydrogens (tertiary/aromatic N) is 1. The van der Waals surface area contributed by atoms with Crippen LogP contribution in [0.5, 0.6) is 0 Å². The van der Waals surface area contributed by atoms with Gasteiger partial charge in [0.2, 0.25) is 0 Å². The van der Waals surface area contributed by atoms with Gasteiger partial charge >= 0.3 is 0 Å². The van der Waals surface area contributed by atoms with Crippen LogP contribution in [0.2, 0.25) is 0 Å². The number of carbonyl (C=O) groups is 1. The Kier molecular flexibility index (Phi) is 8.50. The van der Waals surface area contributed by atoms with Crippen molar-refractivity contribution in [2.45, 2.75) is 26.9 Å². The van der Waals surface area contributed by atoms with Crippen molar-refractivity contribution in [1.82, 2.24) is 16.0 Å². The van der Waals surface area contributed by atoms with Crippen LogP contribution in [0.15, 0.2) is 57.9 Å². The molecule has 154 valence electrons. The smallest absolute Gasteiger partial charge is 0.251 e. The lowest BCUT2D eigenvalue weighted by Crippen LogP contribution is -2.36. The molecular formula is C22H27IN4O2. The lowest BCUT2D eigenvalue weighted by molar-refractivity contribution is 0.0955. The second kappa shape index (κ2) is 10.8. The van der Waals surface area contributed by atoms with Gasteiger partial charge in [-0.2, -0.15) is 0 Å². The second-order valence-corrected chi connectivity index (χ2v) is 6.49. The van der Waals surface area contributed by atoms with Crippen molar-refractivity contribution in [3.8, 4) is 0 Å². The number of benzene rings is 2. The Bertz CT molecular complexity index is 997. The number of guanidine groups is 1. The Hall–Kier alpha value is -2.55. The molecule has 0 unspecified atom stereocenters. The van der Waals surface area contributed by atoms with Crippen molar-refractivity contribution >= 4 is 46.8 Å². The number of hydrogen-bond acceptors (Lipinski definition) is 3. The number of nitrogens with one attached hydrogen (secondary N) is 3. The molecule has 1 amide bonds. The number of aliphatic imine (C=N–C) groups is 1. The zero-order valence-electron chi connectivity index (χ0n) is 16.9. The van der Waals surface area contributed by atoms with Crippen molar-refractivity contribution in [3.63, 3.8) is 0 Å². The Labute approximate surface area is 188 Å². The van der Waals surface area contributed by atoms with E-state index in [4.69, 9.17) is 4.42 Å². The van der Waals surface area contributed by atoms with E-state index >= 15 is 0 Å². The van der Waals surface area contributed by atoms with Crippen LogP contribution in [0, 0.1) is 6.92 Å². The number of rotatable bonds is 6. The minimum Gasteiger partial charge on any atom is -0.459 e. The zero-order valence-corrected chi connectivity index (χ0v) is 19.2. The highest BCUT2D eigenvalue weighted by molar-refractivity contribution is 14.0. The van der Waals surface area contributed by atoms with Gasteiger partial charge in [0.15, 0.2) is 5.96 Å². The predicted molar refractivity (Wildman–Crippen MR) is 128 cm³/mol. The van der Waals surface area contributed by atoms with Gasteiger partial charge in [-0.05, 0) is 37.6 Å². The molecule has 7 heteroatoms. The Morgan fingerprint density at radius 1 is 1.03 bits per heavy atom. The number of aryl methyl sites for hydroxylation is 1. The minimum absolute atomic E-state index is 0. The molecule has 0 saturated heterocycles. The molecule has 3 N–H and O–H groups in total. The van der Waals surface area contributed by atoms with E-state index in [0.29, 0.717) is 31.2 Å². The molecule has 0 aliphatic carbocycles. The molecule has 0 bridgehead atoms. The molecule has 0 fully saturated rings. The third-order valence-corrected chi connectivity index (χ3v) is 4.57. The van der Waals surface area contributed by atoms with Crippen molar-refractivity contribution in [1.29, 1.82) is 0 Å². The summed E-state index contributed by atoms with van der Waals surface area (Å²) in [5.41, 5.74) is 3.68. The molecule has 3 rings (SSSR count). The fourth-order valence-corrected chi connectivity index (χ4v) is 3.05. The number of hydrogen-bond donors (Lipinski definition) is 3.